The van der Waals surface area contributed by atoms with E-state index in [1.165, 1.54) is 27.1 Å². The fraction of sp³-hybridized carbons (Fsp3) is 0.600. The van der Waals surface area contributed by atoms with Gasteiger partial charge in [-0.1, -0.05) is 6.92 Å². The number of hydrogen-bond acceptors (Lipinski definition) is 2. The van der Waals surface area contributed by atoms with Crippen molar-refractivity contribution in [2.24, 2.45) is 0 Å². The van der Waals surface area contributed by atoms with Crippen LogP contribution in [-0.4, -0.2) is 11.4 Å². The molecular formula is C15H22OS. The van der Waals surface area contributed by atoms with E-state index >= 15 is 0 Å². The van der Waals surface area contributed by atoms with Crippen molar-refractivity contribution in [3.8, 4) is 5.75 Å². The second-order valence-corrected chi connectivity index (χ2v) is 6.76. The van der Waals surface area contributed by atoms with Gasteiger partial charge in [0, 0.05) is 16.9 Å². The molecule has 0 saturated heterocycles. The van der Waals surface area contributed by atoms with Crippen molar-refractivity contribution in [1.29, 1.82) is 0 Å². The molecule has 1 aliphatic rings. The van der Waals surface area contributed by atoms with E-state index in [0.717, 1.165) is 17.9 Å². The summed E-state index contributed by atoms with van der Waals surface area (Å²) in [5.41, 5.74) is 5.53. The molecule has 0 aliphatic carbocycles. The van der Waals surface area contributed by atoms with Crippen LogP contribution in [0.5, 0.6) is 5.75 Å². The molecule has 2 heteroatoms. The lowest BCUT2D eigenvalue weighted by Crippen LogP contribution is -2.24. The van der Waals surface area contributed by atoms with Crippen LogP contribution in [0.1, 0.15) is 43.0 Å². The fourth-order valence-corrected chi connectivity index (χ4v) is 3.60. The molecule has 1 aromatic carbocycles. The number of rotatable bonds is 2. The van der Waals surface area contributed by atoms with Gasteiger partial charge in [-0.3, -0.25) is 0 Å². The normalized spacial score (nSPS) is 16.8. The van der Waals surface area contributed by atoms with Crippen molar-refractivity contribution in [2.75, 3.05) is 5.75 Å². The average molecular weight is 250 g/mol. The molecule has 0 unspecified atom stereocenters. The number of thioether (sulfide) groups is 1. The molecule has 0 fully saturated rings. The van der Waals surface area contributed by atoms with Gasteiger partial charge in [0.15, 0.2) is 0 Å². The smallest absolute Gasteiger partial charge is 0.126 e. The lowest BCUT2D eigenvalue weighted by atomic mass is 9.94. The zero-order chi connectivity index (χ0) is 12.8. The first kappa shape index (κ1) is 12.8. The summed E-state index contributed by atoms with van der Waals surface area (Å²) in [5.74, 6) is 2.27. The summed E-state index contributed by atoms with van der Waals surface area (Å²) in [6, 6.07) is 0. The van der Waals surface area contributed by atoms with Gasteiger partial charge in [-0.2, -0.15) is 0 Å². The van der Waals surface area contributed by atoms with E-state index in [-0.39, 0.29) is 5.60 Å². The molecule has 0 aromatic heterocycles. The fourth-order valence-electron chi connectivity index (χ4n) is 2.61. The Kier molecular flexibility index (Phi) is 3.19. The molecule has 0 atom stereocenters. The summed E-state index contributed by atoms with van der Waals surface area (Å²) < 4.78 is 6.11. The molecule has 0 saturated carbocycles. The maximum absolute atomic E-state index is 6.11. The molecule has 0 amide bonds. The van der Waals surface area contributed by atoms with Gasteiger partial charge < -0.3 is 4.74 Å². The third-order valence-electron chi connectivity index (χ3n) is 3.58. The minimum Gasteiger partial charge on any atom is -0.487 e. The number of benzene rings is 1. The van der Waals surface area contributed by atoms with Crippen LogP contribution in [-0.2, 0) is 6.42 Å². The molecule has 1 aromatic rings. The monoisotopic (exact) mass is 250 g/mol. The summed E-state index contributed by atoms with van der Waals surface area (Å²) in [7, 11) is 0. The summed E-state index contributed by atoms with van der Waals surface area (Å²) in [6.07, 6.45) is 1.03. The van der Waals surface area contributed by atoms with Crippen LogP contribution in [0.3, 0.4) is 0 Å². The van der Waals surface area contributed by atoms with Crippen LogP contribution in [0.25, 0.3) is 0 Å². The second kappa shape index (κ2) is 4.24. The van der Waals surface area contributed by atoms with Crippen LogP contribution < -0.4 is 4.74 Å². The summed E-state index contributed by atoms with van der Waals surface area (Å²) in [5, 5.41) is 0. The standard InChI is InChI=1S/C15H22OS/c1-7-17-14-10(3)9(2)13-12(11(14)4)8-15(5,6)16-13/h7-8H2,1-6H3. The molecule has 94 valence electrons. The van der Waals surface area contributed by atoms with Crippen molar-refractivity contribution >= 4 is 11.8 Å². The van der Waals surface area contributed by atoms with Crippen molar-refractivity contribution < 1.29 is 4.74 Å². The first-order valence-electron chi connectivity index (χ1n) is 6.32. The highest BCUT2D eigenvalue weighted by atomic mass is 32.2. The highest BCUT2D eigenvalue weighted by Gasteiger charge is 2.34. The van der Waals surface area contributed by atoms with E-state index in [1.54, 1.807) is 0 Å². The Morgan fingerprint density at radius 1 is 1.12 bits per heavy atom. The van der Waals surface area contributed by atoms with Gasteiger partial charge in [0.25, 0.3) is 0 Å². The van der Waals surface area contributed by atoms with E-state index in [0.29, 0.717) is 0 Å². The van der Waals surface area contributed by atoms with Crippen molar-refractivity contribution in [1.82, 2.24) is 0 Å². The minimum atomic E-state index is -0.0419. The Hall–Kier alpha value is -0.630. The zero-order valence-electron chi connectivity index (χ0n) is 11.7. The molecule has 0 N–H and O–H groups in total. The lowest BCUT2D eigenvalue weighted by Gasteiger charge is -2.18. The number of ether oxygens (including phenoxy) is 1. The largest absolute Gasteiger partial charge is 0.487 e. The molecule has 2 rings (SSSR count). The summed E-state index contributed by atoms with van der Waals surface area (Å²) in [6.45, 7) is 13.2. The first-order chi connectivity index (χ1) is 7.87. The zero-order valence-corrected chi connectivity index (χ0v) is 12.5. The van der Waals surface area contributed by atoms with Gasteiger partial charge in [-0.15, -0.1) is 11.8 Å². The maximum Gasteiger partial charge on any atom is 0.126 e. The average Bonchev–Trinajstić information content (AvgIpc) is 2.58. The van der Waals surface area contributed by atoms with Crippen LogP contribution in [0, 0.1) is 20.8 Å². The molecule has 0 spiro atoms. The summed E-state index contributed by atoms with van der Waals surface area (Å²) in [4.78, 5) is 1.46. The van der Waals surface area contributed by atoms with Crippen molar-refractivity contribution in [3.63, 3.8) is 0 Å². The molecular weight excluding hydrogens is 228 g/mol. The third-order valence-corrected chi connectivity index (χ3v) is 4.77. The number of fused-ring (bicyclic) bond motifs is 1. The quantitative estimate of drug-likeness (QED) is 0.718. The van der Waals surface area contributed by atoms with E-state index in [1.807, 2.05) is 11.8 Å². The number of hydrogen-bond donors (Lipinski definition) is 0. The predicted octanol–water partition coefficient (Wildman–Crippen LogP) is 4.44. The Morgan fingerprint density at radius 3 is 2.35 bits per heavy atom. The summed E-state index contributed by atoms with van der Waals surface area (Å²) >= 11 is 1.95. The van der Waals surface area contributed by atoms with Crippen LogP contribution in [0.2, 0.25) is 0 Å². The van der Waals surface area contributed by atoms with Gasteiger partial charge in [0.1, 0.15) is 11.4 Å². The van der Waals surface area contributed by atoms with E-state index in [9.17, 15) is 0 Å². The van der Waals surface area contributed by atoms with E-state index in [2.05, 4.69) is 41.5 Å². The molecule has 0 bridgehead atoms. The van der Waals surface area contributed by atoms with Crippen LogP contribution in [0.15, 0.2) is 4.90 Å². The van der Waals surface area contributed by atoms with Gasteiger partial charge in [0.05, 0.1) is 0 Å². The van der Waals surface area contributed by atoms with Crippen molar-refractivity contribution in [3.05, 3.63) is 22.3 Å². The third kappa shape index (κ3) is 2.08. The Balaban J connectivity index is 2.61. The minimum absolute atomic E-state index is 0.0419. The van der Waals surface area contributed by atoms with E-state index in [4.69, 9.17) is 4.74 Å². The predicted molar refractivity (Wildman–Crippen MR) is 75.5 cm³/mol. The van der Waals surface area contributed by atoms with Crippen LogP contribution >= 0.6 is 11.8 Å². The topological polar surface area (TPSA) is 9.23 Å². The lowest BCUT2D eigenvalue weighted by molar-refractivity contribution is 0.137. The second-order valence-electron chi connectivity index (χ2n) is 5.48. The van der Waals surface area contributed by atoms with Gasteiger partial charge in [0.2, 0.25) is 0 Å². The maximum atomic E-state index is 6.11. The van der Waals surface area contributed by atoms with Crippen molar-refractivity contribution in [2.45, 2.75) is 58.5 Å². The molecule has 17 heavy (non-hydrogen) atoms. The van der Waals surface area contributed by atoms with Gasteiger partial charge >= 0.3 is 0 Å². The van der Waals surface area contributed by atoms with Gasteiger partial charge in [-0.25, -0.2) is 0 Å². The first-order valence-corrected chi connectivity index (χ1v) is 7.30. The molecule has 1 nitrogen and oxygen atoms in total. The Morgan fingerprint density at radius 2 is 1.76 bits per heavy atom. The SMILES string of the molecule is CCSc1c(C)c(C)c2c(c1C)CC(C)(C)O2. The molecule has 1 aliphatic heterocycles. The highest BCUT2D eigenvalue weighted by molar-refractivity contribution is 7.99. The molecule has 0 radical (unpaired) electrons. The van der Waals surface area contributed by atoms with Gasteiger partial charge in [-0.05, 0) is 57.1 Å². The Labute approximate surface area is 109 Å². The highest BCUT2D eigenvalue weighted by Crippen LogP contribution is 2.44. The molecule has 1 heterocycles. The Bertz CT molecular complexity index is 461. The van der Waals surface area contributed by atoms with E-state index < -0.39 is 0 Å². The van der Waals surface area contributed by atoms with Crippen LogP contribution in [0.4, 0.5) is 0 Å².